The van der Waals surface area contributed by atoms with E-state index < -0.39 is 0 Å². The predicted octanol–water partition coefficient (Wildman–Crippen LogP) is 5.61. The van der Waals surface area contributed by atoms with Crippen molar-refractivity contribution in [2.45, 2.75) is 52.6 Å². The van der Waals surface area contributed by atoms with Gasteiger partial charge in [0, 0.05) is 9.35 Å². The van der Waals surface area contributed by atoms with Crippen molar-refractivity contribution in [3.8, 4) is 5.75 Å². The monoisotopic (exact) mass is 465 g/mol. The molecule has 3 rings (SSSR count). The van der Waals surface area contributed by atoms with Gasteiger partial charge in [0.2, 0.25) is 0 Å². The lowest BCUT2D eigenvalue weighted by Gasteiger charge is -2.15. The molecule has 1 heterocycles. The fraction of sp³-hybridized carbons (Fsp3) is 0.429. The van der Waals surface area contributed by atoms with Crippen molar-refractivity contribution < 1.29 is 19.1 Å². The lowest BCUT2D eigenvalue weighted by Crippen LogP contribution is -2.17. The average Bonchev–Trinajstić information content (AvgIpc) is 3.00. The zero-order valence-corrected chi connectivity index (χ0v) is 18.7. The van der Waals surface area contributed by atoms with Gasteiger partial charge < -0.3 is 14.8 Å². The molecule has 1 amide bonds. The van der Waals surface area contributed by atoms with Crippen molar-refractivity contribution in [1.29, 1.82) is 0 Å². The first-order valence-corrected chi connectivity index (χ1v) is 11.1. The van der Waals surface area contributed by atoms with E-state index >= 15 is 0 Å². The molecule has 28 heavy (non-hydrogen) atoms. The summed E-state index contributed by atoms with van der Waals surface area (Å²) in [6.07, 6.45) is 3.86. The van der Waals surface area contributed by atoms with E-state index in [1.807, 2.05) is 19.9 Å². The maximum Gasteiger partial charge on any atom is 0.341 e. The second-order valence-electron chi connectivity index (χ2n) is 6.90. The molecule has 1 aliphatic rings. The van der Waals surface area contributed by atoms with Crippen LogP contribution < -0.4 is 10.1 Å². The first-order chi connectivity index (χ1) is 13.4. The van der Waals surface area contributed by atoms with Crippen molar-refractivity contribution in [3.63, 3.8) is 0 Å². The zero-order valence-electron chi connectivity index (χ0n) is 16.3. The largest absolute Gasteiger partial charge is 0.490 e. The minimum atomic E-state index is -0.370. The third-order valence-corrected chi connectivity index (χ3v) is 6.13. The highest BCUT2D eigenvalue weighted by Crippen LogP contribution is 2.39. The van der Waals surface area contributed by atoms with Crippen LogP contribution in [0.15, 0.2) is 22.7 Å². The van der Waals surface area contributed by atoms with Gasteiger partial charge in [0.25, 0.3) is 5.91 Å². The predicted molar refractivity (Wildman–Crippen MR) is 115 cm³/mol. The Morgan fingerprint density at radius 2 is 2.00 bits per heavy atom. The Labute approximate surface area is 177 Å². The molecule has 0 atom stereocenters. The Morgan fingerprint density at radius 3 is 2.71 bits per heavy atom. The van der Waals surface area contributed by atoms with Crippen molar-refractivity contribution in [2.75, 3.05) is 11.9 Å². The molecule has 0 saturated carbocycles. The first-order valence-electron chi connectivity index (χ1n) is 9.50. The van der Waals surface area contributed by atoms with Crippen LogP contribution in [0.4, 0.5) is 5.00 Å². The molecular weight excluding hydrogens is 442 g/mol. The summed E-state index contributed by atoms with van der Waals surface area (Å²) in [6.45, 7) is 5.91. The van der Waals surface area contributed by atoms with E-state index in [1.165, 1.54) is 11.3 Å². The third-order valence-electron chi connectivity index (χ3n) is 4.43. The van der Waals surface area contributed by atoms with Crippen molar-refractivity contribution >= 4 is 44.1 Å². The maximum absolute atomic E-state index is 13.1. The number of thiophene rings is 1. The summed E-state index contributed by atoms with van der Waals surface area (Å²) >= 11 is 4.89. The minimum Gasteiger partial charge on any atom is -0.490 e. The number of halogens is 1. The van der Waals surface area contributed by atoms with Crippen LogP contribution in [0.5, 0.6) is 5.75 Å². The second kappa shape index (κ2) is 9.09. The summed E-state index contributed by atoms with van der Waals surface area (Å²) in [4.78, 5) is 26.8. The molecule has 150 valence electrons. The number of esters is 1. The number of fused-ring (bicyclic) bond motifs is 1. The lowest BCUT2D eigenvalue weighted by atomic mass is 9.95. The number of amides is 1. The molecule has 0 bridgehead atoms. The van der Waals surface area contributed by atoms with Gasteiger partial charge in [0.1, 0.15) is 10.8 Å². The molecule has 0 unspecified atom stereocenters. The van der Waals surface area contributed by atoms with Crippen molar-refractivity contribution in [1.82, 2.24) is 0 Å². The molecule has 1 N–H and O–H groups in total. The van der Waals surface area contributed by atoms with Crippen molar-refractivity contribution in [3.05, 3.63) is 44.2 Å². The molecule has 1 aromatic heterocycles. The molecule has 1 aromatic carbocycles. The number of benzene rings is 1. The summed E-state index contributed by atoms with van der Waals surface area (Å²) in [5, 5.41) is 3.50. The Morgan fingerprint density at radius 1 is 1.25 bits per heavy atom. The van der Waals surface area contributed by atoms with E-state index in [9.17, 15) is 9.59 Å². The first kappa shape index (κ1) is 20.9. The van der Waals surface area contributed by atoms with Gasteiger partial charge in [-0.15, -0.1) is 11.3 Å². The number of hydrogen-bond donors (Lipinski definition) is 1. The fourth-order valence-corrected chi connectivity index (χ4v) is 4.91. The molecular formula is C21H24BrNO4S. The highest BCUT2D eigenvalue weighted by Gasteiger charge is 2.28. The highest BCUT2D eigenvalue weighted by molar-refractivity contribution is 9.10. The molecule has 0 spiro atoms. The maximum atomic E-state index is 13.1. The molecule has 0 fully saturated rings. The van der Waals surface area contributed by atoms with Gasteiger partial charge in [-0.2, -0.15) is 0 Å². The van der Waals surface area contributed by atoms with Crippen molar-refractivity contribution in [2.24, 2.45) is 0 Å². The molecule has 7 heteroatoms. The number of hydrogen-bond acceptors (Lipinski definition) is 5. The van der Waals surface area contributed by atoms with Gasteiger partial charge in [-0.25, -0.2) is 4.79 Å². The number of aryl methyl sites for hydroxylation is 1. The number of rotatable bonds is 6. The molecule has 5 nitrogen and oxygen atoms in total. The van der Waals surface area contributed by atoms with Crippen LogP contribution >= 0.6 is 27.3 Å². The summed E-state index contributed by atoms with van der Waals surface area (Å²) in [5.74, 6) is -0.166. The number of carbonyl (C=O) groups is 2. The molecule has 0 aliphatic heterocycles. The van der Waals surface area contributed by atoms with Crippen LogP contribution in [0, 0.1) is 0 Å². The van der Waals surface area contributed by atoms with Gasteiger partial charge in [-0.05, 0) is 70.2 Å². The van der Waals surface area contributed by atoms with E-state index in [4.69, 9.17) is 9.47 Å². The fourth-order valence-electron chi connectivity index (χ4n) is 3.28. The van der Waals surface area contributed by atoms with Gasteiger partial charge in [0.05, 0.1) is 23.8 Å². The van der Waals surface area contributed by atoms with E-state index in [1.54, 1.807) is 19.1 Å². The molecule has 1 aliphatic carbocycles. The van der Waals surface area contributed by atoms with Crippen LogP contribution in [0.2, 0.25) is 0 Å². The molecule has 0 radical (unpaired) electrons. The number of ether oxygens (including phenoxy) is 2. The van der Waals surface area contributed by atoms with Crippen LogP contribution in [-0.4, -0.2) is 24.6 Å². The topological polar surface area (TPSA) is 64.6 Å². The lowest BCUT2D eigenvalue weighted by molar-refractivity contribution is 0.0526. The third kappa shape index (κ3) is 4.58. The quantitative estimate of drug-likeness (QED) is 0.563. The normalized spacial score (nSPS) is 13.2. The summed E-state index contributed by atoms with van der Waals surface area (Å²) in [6, 6.07) is 5.33. The van der Waals surface area contributed by atoms with Crippen LogP contribution in [-0.2, 0) is 17.6 Å². The Bertz CT molecular complexity index is 891. The average molecular weight is 466 g/mol. The van der Waals surface area contributed by atoms with Gasteiger partial charge >= 0.3 is 5.97 Å². The van der Waals surface area contributed by atoms with Gasteiger partial charge in [-0.3, -0.25) is 4.79 Å². The van der Waals surface area contributed by atoms with Gasteiger partial charge in [-0.1, -0.05) is 15.9 Å². The number of carbonyl (C=O) groups excluding carboxylic acids is 2. The van der Waals surface area contributed by atoms with Crippen LogP contribution in [0.3, 0.4) is 0 Å². The Hall–Kier alpha value is -1.86. The van der Waals surface area contributed by atoms with E-state index in [0.717, 1.165) is 40.6 Å². The Kier molecular flexibility index (Phi) is 6.78. The standard InChI is InChI=1S/C21H24BrNO4S/c1-4-26-21(25)18-14-7-5-6-8-17(14)28-20(18)23-19(24)15-11-13(22)9-10-16(15)27-12(2)3/h9-12H,4-8H2,1-3H3,(H,23,24). The SMILES string of the molecule is CCOC(=O)c1c(NC(=O)c2cc(Br)ccc2OC(C)C)sc2c1CCCC2. The summed E-state index contributed by atoms with van der Waals surface area (Å²) in [7, 11) is 0. The number of nitrogens with one attached hydrogen (secondary N) is 1. The molecule has 0 saturated heterocycles. The molecule has 2 aromatic rings. The van der Waals surface area contributed by atoms with E-state index in [-0.39, 0.29) is 18.0 Å². The summed E-state index contributed by atoms with van der Waals surface area (Å²) in [5.41, 5.74) is 1.96. The second-order valence-corrected chi connectivity index (χ2v) is 8.92. The number of anilines is 1. The van der Waals surface area contributed by atoms with E-state index in [2.05, 4.69) is 21.2 Å². The van der Waals surface area contributed by atoms with Crippen LogP contribution in [0.1, 0.15) is 64.8 Å². The highest BCUT2D eigenvalue weighted by atomic mass is 79.9. The minimum absolute atomic E-state index is 0.0585. The van der Waals surface area contributed by atoms with Gasteiger partial charge in [0.15, 0.2) is 0 Å². The van der Waals surface area contributed by atoms with E-state index in [0.29, 0.717) is 28.5 Å². The zero-order chi connectivity index (χ0) is 20.3. The summed E-state index contributed by atoms with van der Waals surface area (Å²) < 4.78 is 11.8. The smallest absolute Gasteiger partial charge is 0.341 e. The van der Waals surface area contributed by atoms with Crippen LogP contribution in [0.25, 0.3) is 0 Å². The Balaban J connectivity index is 1.96.